The van der Waals surface area contributed by atoms with Crippen LogP contribution in [0.15, 0.2) is 48.7 Å². The fraction of sp³-hybridized carbons (Fsp3) is 0.333. The molecule has 1 amide bonds. The van der Waals surface area contributed by atoms with E-state index in [1.54, 1.807) is 5.01 Å². The van der Waals surface area contributed by atoms with Gasteiger partial charge in [0, 0.05) is 30.3 Å². The molecule has 4 nitrogen and oxygen atoms in total. The molecule has 2 aromatic rings. The lowest BCUT2D eigenvalue weighted by Crippen LogP contribution is -2.47. The van der Waals surface area contributed by atoms with Crippen LogP contribution in [-0.4, -0.2) is 28.0 Å². The van der Waals surface area contributed by atoms with Crippen LogP contribution in [0.3, 0.4) is 0 Å². The topological polar surface area (TPSA) is 36.4 Å². The zero-order valence-corrected chi connectivity index (χ0v) is 13.3. The highest BCUT2D eigenvalue weighted by molar-refractivity contribution is 5.94. The Balaban J connectivity index is 1.91. The maximum atomic E-state index is 12.4. The molecule has 0 radical (unpaired) electrons. The van der Waals surface area contributed by atoms with Gasteiger partial charge in [-0.15, -0.1) is 0 Å². The Morgan fingerprint density at radius 2 is 1.82 bits per heavy atom. The van der Waals surface area contributed by atoms with Crippen LogP contribution in [0.4, 0.5) is 5.82 Å². The molecule has 0 N–H and O–H groups in total. The minimum atomic E-state index is -0.161. The van der Waals surface area contributed by atoms with Crippen molar-refractivity contribution < 1.29 is 4.79 Å². The van der Waals surface area contributed by atoms with Gasteiger partial charge in [0.05, 0.1) is 0 Å². The van der Waals surface area contributed by atoms with E-state index < -0.39 is 0 Å². The largest absolute Gasteiger partial charge is 0.273 e. The average Bonchev–Trinajstić information content (AvgIpc) is 2.76. The summed E-state index contributed by atoms with van der Waals surface area (Å²) in [6, 6.07) is 14.1. The number of hydrogen-bond acceptors (Lipinski definition) is 3. The van der Waals surface area contributed by atoms with Gasteiger partial charge >= 0.3 is 0 Å². The van der Waals surface area contributed by atoms with Gasteiger partial charge in [-0.1, -0.05) is 37.3 Å². The van der Waals surface area contributed by atoms with Gasteiger partial charge in [-0.3, -0.25) is 4.79 Å². The predicted molar refractivity (Wildman–Crippen MR) is 88.2 cm³/mol. The lowest BCUT2D eigenvalue weighted by atomic mass is 10.0. The van der Waals surface area contributed by atoms with E-state index in [4.69, 9.17) is 0 Å². The Morgan fingerprint density at radius 3 is 2.41 bits per heavy atom. The van der Waals surface area contributed by atoms with E-state index in [1.807, 2.05) is 36.5 Å². The molecule has 0 atom stereocenters. The predicted octanol–water partition coefficient (Wildman–Crippen LogP) is 3.50. The molecule has 1 saturated heterocycles. The number of carbonyl (C=O) groups is 1. The molecule has 0 unspecified atom stereocenters. The molecule has 1 aromatic carbocycles. The monoisotopic (exact) mass is 295 g/mol. The van der Waals surface area contributed by atoms with Crippen molar-refractivity contribution in [3.8, 4) is 11.1 Å². The van der Waals surface area contributed by atoms with Gasteiger partial charge in [0.1, 0.15) is 5.82 Å². The van der Waals surface area contributed by atoms with Crippen molar-refractivity contribution in [2.45, 2.75) is 32.7 Å². The molecule has 114 valence electrons. The number of benzene rings is 1. The molecule has 0 spiro atoms. The summed E-state index contributed by atoms with van der Waals surface area (Å²) in [5, 5.41) is 3.80. The van der Waals surface area contributed by atoms with Gasteiger partial charge in [0.15, 0.2) is 0 Å². The van der Waals surface area contributed by atoms with Crippen molar-refractivity contribution in [3.63, 3.8) is 0 Å². The first kappa shape index (κ1) is 14.7. The van der Waals surface area contributed by atoms with Gasteiger partial charge in [0.2, 0.25) is 5.91 Å². The fourth-order valence-corrected chi connectivity index (χ4v) is 3.08. The molecule has 0 bridgehead atoms. The van der Waals surface area contributed by atoms with Gasteiger partial charge in [-0.2, -0.15) is 0 Å². The Bertz CT molecular complexity index is 664. The zero-order chi connectivity index (χ0) is 15.7. The van der Waals surface area contributed by atoms with Crippen molar-refractivity contribution >= 4 is 11.7 Å². The van der Waals surface area contributed by atoms with Crippen molar-refractivity contribution in [2.24, 2.45) is 0 Å². The third kappa shape index (κ3) is 2.50. The summed E-state index contributed by atoms with van der Waals surface area (Å²) in [6.07, 6.45) is 2.35. The standard InChI is InChI=1S/C18H21N3O/c1-4-20-18(2,3)12-17(22)21(20)16-11-10-15(13-19-16)14-8-6-5-7-9-14/h5-11,13H,4,12H2,1-3H3. The lowest BCUT2D eigenvalue weighted by Gasteiger charge is -2.34. The first-order valence-electron chi connectivity index (χ1n) is 7.65. The second-order valence-corrected chi connectivity index (χ2v) is 6.18. The third-order valence-corrected chi connectivity index (χ3v) is 4.13. The molecule has 0 aliphatic carbocycles. The summed E-state index contributed by atoms with van der Waals surface area (Å²) in [7, 11) is 0. The Hall–Kier alpha value is -2.20. The maximum absolute atomic E-state index is 12.4. The van der Waals surface area contributed by atoms with Crippen LogP contribution in [0.5, 0.6) is 0 Å². The molecule has 3 rings (SSSR count). The van der Waals surface area contributed by atoms with E-state index in [0.717, 1.165) is 17.7 Å². The van der Waals surface area contributed by atoms with Crippen molar-refractivity contribution in [3.05, 3.63) is 48.7 Å². The number of hydrogen-bond donors (Lipinski definition) is 0. The summed E-state index contributed by atoms with van der Waals surface area (Å²) in [5.74, 6) is 0.795. The molecule has 1 aliphatic heterocycles. The number of pyridine rings is 1. The van der Waals surface area contributed by atoms with Gasteiger partial charge in [0.25, 0.3) is 0 Å². The number of nitrogens with zero attached hydrogens (tertiary/aromatic N) is 3. The van der Waals surface area contributed by atoms with E-state index >= 15 is 0 Å². The highest BCUT2D eigenvalue weighted by Crippen LogP contribution is 2.33. The number of rotatable bonds is 3. The second-order valence-electron chi connectivity index (χ2n) is 6.18. The zero-order valence-electron chi connectivity index (χ0n) is 13.3. The molecule has 22 heavy (non-hydrogen) atoms. The number of amides is 1. The average molecular weight is 295 g/mol. The van der Waals surface area contributed by atoms with E-state index in [2.05, 4.69) is 42.9 Å². The fourth-order valence-electron chi connectivity index (χ4n) is 3.08. The number of carbonyl (C=O) groups excluding carboxylic acids is 1. The Morgan fingerprint density at radius 1 is 1.09 bits per heavy atom. The Kier molecular flexibility index (Phi) is 3.71. The second kappa shape index (κ2) is 5.54. The number of hydrazine groups is 1. The third-order valence-electron chi connectivity index (χ3n) is 4.13. The Labute approximate surface area is 131 Å². The van der Waals surface area contributed by atoms with Crippen molar-refractivity contribution in [2.75, 3.05) is 11.6 Å². The molecule has 1 aromatic heterocycles. The smallest absolute Gasteiger partial charge is 0.244 e. The summed E-state index contributed by atoms with van der Waals surface area (Å²) in [4.78, 5) is 16.9. The molecule has 1 fully saturated rings. The summed E-state index contributed by atoms with van der Waals surface area (Å²) in [6.45, 7) is 7.02. The molecular formula is C18H21N3O. The first-order valence-corrected chi connectivity index (χ1v) is 7.65. The van der Waals surface area contributed by atoms with Crippen LogP contribution in [0.25, 0.3) is 11.1 Å². The molecule has 1 aliphatic rings. The lowest BCUT2D eigenvalue weighted by molar-refractivity contribution is -0.118. The molecular weight excluding hydrogens is 274 g/mol. The molecule has 0 saturated carbocycles. The number of anilines is 1. The van der Waals surface area contributed by atoms with E-state index in [1.165, 1.54) is 0 Å². The summed E-state index contributed by atoms with van der Waals surface area (Å²) >= 11 is 0. The minimum absolute atomic E-state index is 0.104. The molecule has 2 heterocycles. The van der Waals surface area contributed by atoms with Crippen LogP contribution in [0.2, 0.25) is 0 Å². The SMILES string of the molecule is CCN1N(c2ccc(-c3ccccc3)cn2)C(=O)CC1(C)C. The van der Waals surface area contributed by atoms with Crippen LogP contribution in [-0.2, 0) is 4.79 Å². The quantitative estimate of drug-likeness (QED) is 0.869. The van der Waals surface area contributed by atoms with Crippen molar-refractivity contribution in [1.29, 1.82) is 0 Å². The van der Waals surface area contributed by atoms with Crippen LogP contribution >= 0.6 is 0 Å². The summed E-state index contributed by atoms with van der Waals surface area (Å²) < 4.78 is 0. The molecule has 4 heteroatoms. The maximum Gasteiger partial charge on any atom is 0.244 e. The van der Waals surface area contributed by atoms with Gasteiger partial charge in [-0.05, 0) is 31.5 Å². The normalized spacial score (nSPS) is 18.0. The van der Waals surface area contributed by atoms with Crippen LogP contribution in [0, 0.1) is 0 Å². The number of aromatic nitrogens is 1. The summed E-state index contributed by atoms with van der Waals surface area (Å²) in [5.41, 5.74) is 2.02. The van der Waals surface area contributed by atoms with Crippen molar-refractivity contribution in [1.82, 2.24) is 9.99 Å². The van der Waals surface area contributed by atoms with E-state index in [9.17, 15) is 4.79 Å². The highest BCUT2D eigenvalue weighted by Gasteiger charge is 2.43. The van der Waals surface area contributed by atoms with Crippen LogP contribution < -0.4 is 5.01 Å². The minimum Gasteiger partial charge on any atom is -0.273 e. The van der Waals surface area contributed by atoms with E-state index in [-0.39, 0.29) is 11.4 Å². The first-order chi connectivity index (χ1) is 10.5. The van der Waals surface area contributed by atoms with E-state index in [0.29, 0.717) is 12.2 Å². The van der Waals surface area contributed by atoms with Crippen LogP contribution in [0.1, 0.15) is 27.2 Å². The van der Waals surface area contributed by atoms with Gasteiger partial charge in [-0.25, -0.2) is 15.0 Å². The highest BCUT2D eigenvalue weighted by atomic mass is 16.2. The van der Waals surface area contributed by atoms with Gasteiger partial charge < -0.3 is 0 Å².